The molecule has 0 saturated carbocycles. The van der Waals surface area contributed by atoms with Gasteiger partial charge in [0.15, 0.2) is 9.84 Å². The van der Waals surface area contributed by atoms with Gasteiger partial charge in [0.2, 0.25) is 0 Å². The van der Waals surface area contributed by atoms with E-state index in [9.17, 15) is 8.42 Å². The molecule has 2 N–H and O–H groups in total. The molecule has 0 aromatic heterocycles. The Kier molecular flexibility index (Phi) is 4.42. The van der Waals surface area contributed by atoms with E-state index in [1.165, 1.54) is 7.11 Å². The molecule has 4 nitrogen and oxygen atoms in total. The fourth-order valence-electron chi connectivity index (χ4n) is 2.04. The number of ether oxygens (including phenoxy) is 1. The Balaban J connectivity index is 2.41. The van der Waals surface area contributed by atoms with Gasteiger partial charge in [0.1, 0.15) is 11.0 Å². The highest BCUT2D eigenvalue weighted by Crippen LogP contribution is 2.28. The lowest BCUT2D eigenvalue weighted by molar-refractivity contribution is 0.414. The van der Waals surface area contributed by atoms with Crippen LogP contribution in [0.4, 0.5) is 0 Å². The number of hydrogen-bond acceptors (Lipinski definition) is 4. The van der Waals surface area contributed by atoms with Crippen LogP contribution in [0.3, 0.4) is 0 Å². The van der Waals surface area contributed by atoms with Crippen molar-refractivity contribution in [1.82, 2.24) is 0 Å². The van der Waals surface area contributed by atoms with Crippen LogP contribution in [-0.4, -0.2) is 22.1 Å². The lowest BCUT2D eigenvalue weighted by Gasteiger charge is -2.16. The van der Waals surface area contributed by atoms with Crippen molar-refractivity contribution in [2.45, 2.75) is 10.1 Å². The molecule has 0 spiro atoms. The maximum Gasteiger partial charge on any atom is 0.186 e. The zero-order valence-corrected chi connectivity index (χ0v) is 12.0. The summed E-state index contributed by atoms with van der Waals surface area (Å²) in [5.41, 5.74) is 6.38. The SMILES string of the molecule is COc1ccc(S(=O)(=O)C(CN)c2ccccc2)cc1. The summed E-state index contributed by atoms with van der Waals surface area (Å²) < 4.78 is 30.3. The molecule has 1 unspecified atom stereocenters. The summed E-state index contributed by atoms with van der Waals surface area (Å²) in [4.78, 5) is 0.248. The molecule has 0 aliphatic rings. The first-order valence-electron chi connectivity index (χ1n) is 6.22. The van der Waals surface area contributed by atoms with Gasteiger partial charge in [-0.2, -0.15) is 0 Å². The third kappa shape index (κ3) is 2.84. The van der Waals surface area contributed by atoms with Crippen LogP contribution in [0.5, 0.6) is 5.75 Å². The van der Waals surface area contributed by atoms with E-state index in [0.29, 0.717) is 11.3 Å². The maximum atomic E-state index is 12.6. The first-order chi connectivity index (χ1) is 9.59. The molecule has 0 saturated heterocycles. The Morgan fingerprint density at radius 3 is 2.15 bits per heavy atom. The normalized spacial score (nSPS) is 12.9. The van der Waals surface area contributed by atoms with Gasteiger partial charge in [0, 0.05) is 6.54 Å². The highest BCUT2D eigenvalue weighted by molar-refractivity contribution is 7.91. The van der Waals surface area contributed by atoms with Gasteiger partial charge in [-0.1, -0.05) is 30.3 Å². The maximum absolute atomic E-state index is 12.6. The van der Waals surface area contributed by atoms with Crippen LogP contribution in [0.2, 0.25) is 0 Å². The molecular weight excluding hydrogens is 274 g/mol. The van der Waals surface area contributed by atoms with Gasteiger partial charge in [0.05, 0.1) is 12.0 Å². The van der Waals surface area contributed by atoms with Crippen LogP contribution < -0.4 is 10.5 Å². The number of benzene rings is 2. The zero-order chi connectivity index (χ0) is 14.6. The van der Waals surface area contributed by atoms with Crippen LogP contribution in [0.15, 0.2) is 59.5 Å². The average Bonchev–Trinajstić information content (AvgIpc) is 2.49. The minimum Gasteiger partial charge on any atom is -0.497 e. The number of rotatable bonds is 5. The highest BCUT2D eigenvalue weighted by Gasteiger charge is 2.27. The van der Waals surface area contributed by atoms with E-state index in [-0.39, 0.29) is 11.4 Å². The minimum absolute atomic E-state index is 0.0401. The third-order valence-electron chi connectivity index (χ3n) is 3.15. The van der Waals surface area contributed by atoms with Gasteiger partial charge < -0.3 is 10.5 Å². The van der Waals surface area contributed by atoms with Crippen molar-refractivity contribution >= 4 is 9.84 Å². The summed E-state index contributed by atoms with van der Waals surface area (Å²) in [6.45, 7) is 0.0401. The van der Waals surface area contributed by atoms with Crippen molar-refractivity contribution in [3.8, 4) is 5.75 Å². The molecule has 20 heavy (non-hydrogen) atoms. The zero-order valence-electron chi connectivity index (χ0n) is 11.2. The third-order valence-corrected chi connectivity index (χ3v) is 5.29. The Morgan fingerprint density at radius 2 is 1.65 bits per heavy atom. The Morgan fingerprint density at radius 1 is 1.05 bits per heavy atom. The standard InChI is InChI=1S/C15H17NO3S/c1-19-13-7-9-14(10-8-13)20(17,18)15(11-16)12-5-3-2-4-6-12/h2-10,15H,11,16H2,1H3. The van der Waals surface area contributed by atoms with Crippen molar-refractivity contribution in [2.24, 2.45) is 5.73 Å². The van der Waals surface area contributed by atoms with E-state index in [1.807, 2.05) is 18.2 Å². The number of methoxy groups -OCH3 is 1. The first kappa shape index (κ1) is 14.6. The lowest BCUT2D eigenvalue weighted by Crippen LogP contribution is -2.22. The fraction of sp³-hybridized carbons (Fsp3) is 0.200. The highest BCUT2D eigenvalue weighted by atomic mass is 32.2. The second-order valence-electron chi connectivity index (χ2n) is 4.36. The second kappa shape index (κ2) is 6.07. The van der Waals surface area contributed by atoms with Crippen molar-refractivity contribution in [3.63, 3.8) is 0 Å². The molecule has 1 atom stereocenters. The molecular formula is C15H17NO3S. The van der Waals surface area contributed by atoms with Gasteiger partial charge in [-0.15, -0.1) is 0 Å². The molecule has 2 aromatic rings. The summed E-state index contributed by atoms with van der Waals surface area (Å²) in [6.07, 6.45) is 0. The molecule has 0 aliphatic carbocycles. The van der Waals surface area contributed by atoms with Crippen LogP contribution in [0.25, 0.3) is 0 Å². The second-order valence-corrected chi connectivity index (χ2v) is 6.49. The molecule has 2 aromatic carbocycles. The van der Waals surface area contributed by atoms with Gasteiger partial charge in [-0.25, -0.2) is 8.42 Å². The van der Waals surface area contributed by atoms with Crippen LogP contribution in [0, 0.1) is 0 Å². The molecule has 0 amide bonds. The fourth-order valence-corrected chi connectivity index (χ4v) is 3.65. The summed E-state index contributed by atoms with van der Waals surface area (Å²) in [5, 5.41) is -0.739. The summed E-state index contributed by atoms with van der Waals surface area (Å²) in [7, 11) is -1.97. The van der Waals surface area contributed by atoms with Crippen LogP contribution in [-0.2, 0) is 9.84 Å². The van der Waals surface area contributed by atoms with Gasteiger partial charge in [-0.3, -0.25) is 0 Å². The molecule has 5 heteroatoms. The number of hydrogen-bond donors (Lipinski definition) is 1. The van der Waals surface area contributed by atoms with Crippen molar-refractivity contribution in [1.29, 1.82) is 0 Å². The van der Waals surface area contributed by atoms with Crippen molar-refractivity contribution in [3.05, 3.63) is 60.2 Å². The average molecular weight is 291 g/mol. The van der Waals surface area contributed by atoms with Gasteiger partial charge in [-0.05, 0) is 29.8 Å². The number of sulfone groups is 1. The van der Waals surface area contributed by atoms with E-state index in [4.69, 9.17) is 10.5 Å². The summed E-state index contributed by atoms with van der Waals surface area (Å²) in [6, 6.07) is 15.4. The molecule has 0 heterocycles. The molecule has 0 aliphatic heterocycles. The molecule has 0 radical (unpaired) electrons. The van der Waals surface area contributed by atoms with Gasteiger partial charge in [0.25, 0.3) is 0 Å². The first-order valence-corrected chi connectivity index (χ1v) is 7.77. The van der Waals surface area contributed by atoms with E-state index < -0.39 is 15.1 Å². The topological polar surface area (TPSA) is 69.4 Å². The summed E-state index contributed by atoms with van der Waals surface area (Å²) >= 11 is 0. The predicted octanol–water partition coefficient (Wildman–Crippen LogP) is 2.17. The van der Waals surface area contributed by atoms with E-state index >= 15 is 0 Å². The quantitative estimate of drug-likeness (QED) is 0.916. The Bertz CT molecular complexity index is 651. The van der Waals surface area contributed by atoms with Crippen LogP contribution >= 0.6 is 0 Å². The molecule has 0 bridgehead atoms. The van der Waals surface area contributed by atoms with E-state index in [2.05, 4.69) is 0 Å². The summed E-state index contributed by atoms with van der Waals surface area (Å²) in [5.74, 6) is 0.618. The molecule has 0 fully saturated rings. The van der Waals surface area contributed by atoms with Crippen molar-refractivity contribution in [2.75, 3.05) is 13.7 Å². The molecule has 106 valence electrons. The minimum atomic E-state index is -3.51. The Hall–Kier alpha value is -1.85. The van der Waals surface area contributed by atoms with E-state index in [1.54, 1.807) is 36.4 Å². The predicted molar refractivity (Wildman–Crippen MR) is 78.4 cm³/mol. The van der Waals surface area contributed by atoms with Gasteiger partial charge >= 0.3 is 0 Å². The van der Waals surface area contributed by atoms with Crippen LogP contribution in [0.1, 0.15) is 10.8 Å². The molecule has 2 rings (SSSR count). The van der Waals surface area contributed by atoms with E-state index in [0.717, 1.165) is 0 Å². The van der Waals surface area contributed by atoms with Crippen molar-refractivity contribution < 1.29 is 13.2 Å². The number of nitrogens with two attached hydrogens (primary N) is 1. The largest absolute Gasteiger partial charge is 0.497 e. The smallest absolute Gasteiger partial charge is 0.186 e. The monoisotopic (exact) mass is 291 g/mol. The Labute approximate surface area is 119 Å². The lowest BCUT2D eigenvalue weighted by atomic mass is 10.1.